The van der Waals surface area contributed by atoms with E-state index in [1.54, 1.807) is 0 Å². The van der Waals surface area contributed by atoms with Crippen molar-refractivity contribution in [2.24, 2.45) is 11.0 Å². The van der Waals surface area contributed by atoms with Gasteiger partial charge in [0.2, 0.25) is 0 Å². The number of aliphatic hydroxyl groups excluding tert-OH is 1. The molecule has 1 saturated carbocycles. The first-order chi connectivity index (χ1) is 5.24. The van der Waals surface area contributed by atoms with E-state index in [1.807, 2.05) is 0 Å². The minimum Gasteiger partial charge on any atom is -0.393 e. The standard InChI is InChI=1S/C7H13N3O/c1-5-2-3-6(9-10-8)7(11)4-5/h5-7,11H,2-4H2,1H3/t5-,6-,7-/m1/s1. The van der Waals surface area contributed by atoms with E-state index in [4.69, 9.17) is 5.53 Å². The van der Waals surface area contributed by atoms with Gasteiger partial charge in [-0.1, -0.05) is 18.5 Å². The molecule has 0 radical (unpaired) electrons. The van der Waals surface area contributed by atoms with Crippen LogP contribution in [0.15, 0.2) is 5.11 Å². The third kappa shape index (κ3) is 2.10. The first-order valence-corrected chi connectivity index (χ1v) is 3.96. The number of hydrogen-bond donors (Lipinski definition) is 1. The van der Waals surface area contributed by atoms with Crippen LogP contribution >= 0.6 is 0 Å². The fraction of sp³-hybridized carbons (Fsp3) is 1.00. The Labute approximate surface area is 65.9 Å². The fourth-order valence-corrected chi connectivity index (χ4v) is 1.54. The van der Waals surface area contributed by atoms with Gasteiger partial charge in [0, 0.05) is 4.91 Å². The number of hydrogen-bond acceptors (Lipinski definition) is 2. The summed E-state index contributed by atoms with van der Waals surface area (Å²) < 4.78 is 0. The van der Waals surface area contributed by atoms with Gasteiger partial charge in [-0.05, 0) is 24.3 Å². The lowest BCUT2D eigenvalue weighted by atomic mass is 9.85. The van der Waals surface area contributed by atoms with Crippen molar-refractivity contribution in [2.75, 3.05) is 0 Å². The highest BCUT2D eigenvalue weighted by molar-refractivity contribution is 4.83. The van der Waals surface area contributed by atoms with Gasteiger partial charge in [-0.25, -0.2) is 0 Å². The molecule has 4 heteroatoms. The third-order valence-corrected chi connectivity index (χ3v) is 2.24. The molecule has 0 spiro atoms. The van der Waals surface area contributed by atoms with Crippen LogP contribution < -0.4 is 0 Å². The lowest BCUT2D eigenvalue weighted by molar-refractivity contribution is 0.0858. The van der Waals surface area contributed by atoms with E-state index in [1.165, 1.54) is 0 Å². The van der Waals surface area contributed by atoms with E-state index in [0.717, 1.165) is 19.3 Å². The van der Waals surface area contributed by atoms with E-state index < -0.39 is 6.10 Å². The minimum absolute atomic E-state index is 0.184. The summed E-state index contributed by atoms with van der Waals surface area (Å²) in [6, 6.07) is -0.184. The molecule has 1 aliphatic carbocycles. The second-order valence-corrected chi connectivity index (χ2v) is 3.26. The zero-order valence-electron chi connectivity index (χ0n) is 6.64. The Morgan fingerprint density at radius 2 is 2.27 bits per heavy atom. The van der Waals surface area contributed by atoms with Crippen LogP contribution in [0.25, 0.3) is 10.4 Å². The van der Waals surface area contributed by atoms with Gasteiger partial charge in [-0.15, -0.1) is 0 Å². The molecule has 1 aliphatic rings. The van der Waals surface area contributed by atoms with Crippen LogP contribution in [0.3, 0.4) is 0 Å². The SMILES string of the molecule is C[C@@H]1CC[C@@H](N=[N+]=[N-])[C@H](O)C1. The quantitative estimate of drug-likeness (QED) is 0.350. The van der Waals surface area contributed by atoms with Crippen LogP contribution in [0, 0.1) is 5.92 Å². The lowest BCUT2D eigenvalue weighted by Crippen LogP contribution is -2.31. The molecule has 11 heavy (non-hydrogen) atoms. The summed E-state index contributed by atoms with van der Waals surface area (Å²) in [4.78, 5) is 2.70. The normalized spacial score (nSPS) is 37.8. The predicted molar refractivity (Wildman–Crippen MR) is 42.0 cm³/mol. The molecule has 1 N–H and O–H groups in total. The highest BCUT2D eigenvalue weighted by Crippen LogP contribution is 2.25. The molecule has 62 valence electrons. The molecule has 0 aromatic carbocycles. The molecule has 0 aromatic rings. The Bertz CT molecular complexity index is 177. The molecule has 0 aliphatic heterocycles. The molecule has 1 fully saturated rings. The van der Waals surface area contributed by atoms with Crippen LogP contribution in [-0.4, -0.2) is 17.3 Å². The summed E-state index contributed by atoms with van der Waals surface area (Å²) in [5.74, 6) is 0.565. The van der Waals surface area contributed by atoms with Gasteiger partial charge in [0.05, 0.1) is 12.1 Å². The molecule has 0 amide bonds. The molecular formula is C7H13N3O. The van der Waals surface area contributed by atoms with Crippen molar-refractivity contribution in [1.29, 1.82) is 0 Å². The third-order valence-electron chi connectivity index (χ3n) is 2.24. The van der Waals surface area contributed by atoms with Gasteiger partial charge in [-0.3, -0.25) is 0 Å². The maximum Gasteiger partial charge on any atom is 0.0633 e. The van der Waals surface area contributed by atoms with Crippen molar-refractivity contribution in [3.8, 4) is 0 Å². The van der Waals surface area contributed by atoms with Crippen LogP contribution in [0.4, 0.5) is 0 Å². The largest absolute Gasteiger partial charge is 0.393 e. The maximum atomic E-state index is 9.41. The number of aliphatic hydroxyl groups is 1. The molecular weight excluding hydrogens is 142 g/mol. The first kappa shape index (κ1) is 8.37. The van der Waals surface area contributed by atoms with E-state index in [9.17, 15) is 5.11 Å². The first-order valence-electron chi connectivity index (χ1n) is 3.96. The summed E-state index contributed by atoms with van der Waals surface area (Å²) in [6.45, 7) is 2.11. The van der Waals surface area contributed by atoms with Crippen LogP contribution in [0.5, 0.6) is 0 Å². The van der Waals surface area contributed by atoms with Crippen molar-refractivity contribution in [2.45, 2.75) is 38.3 Å². The Balaban J connectivity index is 2.50. The summed E-state index contributed by atoms with van der Waals surface area (Å²) in [7, 11) is 0. The molecule has 0 bridgehead atoms. The number of azide groups is 1. The van der Waals surface area contributed by atoms with E-state index >= 15 is 0 Å². The zero-order chi connectivity index (χ0) is 8.27. The van der Waals surface area contributed by atoms with Crippen LogP contribution in [0.1, 0.15) is 26.2 Å². The predicted octanol–water partition coefficient (Wildman–Crippen LogP) is 1.85. The fourth-order valence-electron chi connectivity index (χ4n) is 1.54. The lowest BCUT2D eigenvalue weighted by Gasteiger charge is -2.27. The molecule has 3 atom stereocenters. The number of nitrogens with zero attached hydrogens (tertiary/aromatic N) is 3. The molecule has 0 saturated heterocycles. The molecule has 4 nitrogen and oxygen atoms in total. The number of rotatable bonds is 1. The van der Waals surface area contributed by atoms with E-state index in [0.29, 0.717) is 5.92 Å². The molecule has 0 aromatic heterocycles. The summed E-state index contributed by atoms with van der Waals surface area (Å²) >= 11 is 0. The Morgan fingerprint density at radius 3 is 2.82 bits per heavy atom. The monoisotopic (exact) mass is 155 g/mol. The smallest absolute Gasteiger partial charge is 0.0633 e. The summed E-state index contributed by atoms with van der Waals surface area (Å²) in [6.07, 6.45) is 2.23. The highest BCUT2D eigenvalue weighted by atomic mass is 16.3. The molecule has 0 heterocycles. The summed E-state index contributed by atoms with van der Waals surface area (Å²) in [5.41, 5.74) is 8.15. The second-order valence-electron chi connectivity index (χ2n) is 3.26. The molecule has 1 rings (SSSR count). The van der Waals surface area contributed by atoms with Crippen LogP contribution in [-0.2, 0) is 0 Å². The van der Waals surface area contributed by atoms with Crippen molar-refractivity contribution in [3.63, 3.8) is 0 Å². The Morgan fingerprint density at radius 1 is 1.55 bits per heavy atom. The van der Waals surface area contributed by atoms with Crippen molar-refractivity contribution >= 4 is 0 Å². The molecule has 0 unspecified atom stereocenters. The van der Waals surface area contributed by atoms with Gasteiger partial charge >= 0.3 is 0 Å². The topological polar surface area (TPSA) is 69.0 Å². The van der Waals surface area contributed by atoms with Gasteiger partial charge in [0.15, 0.2) is 0 Å². The maximum absolute atomic E-state index is 9.41. The minimum atomic E-state index is -0.422. The van der Waals surface area contributed by atoms with Gasteiger partial charge in [-0.2, -0.15) is 0 Å². The van der Waals surface area contributed by atoms with Gasteiger partial charge in [0.25, 0.3) is 0 Å². The highest BCUT2D eigenvalue weighted by Gasteiger charge is 2.25. The van der Waals surface area contributed by atoms with E-state index in [2.05, 4.69) is 16.9 Å². The zero-order valence-corrected chi connectivity index (χ0v) is 6.64. The average molecular weight is 155 g/mol. The van der Waals surface area contributed by atoms with Crippen molar-refractivity contribution in [3.05, 3.63) is 10.4 Å². The van der Waals surface area contributed by atoms with Gasteiger partial charge in [0.1, 0.15) is 0 Å². The van der Waals surface area contributed by atoms with Crippen molar-refractivity contribution < 1.29 is 5.11 Å². The second kappa shape index (κ2) is 3.60. The Kier molecular flexibility index (Phi) is 2.74. The summed E-state index contributed by atoms with van der Waals surface area (Å²) in [5, 5.41) is 12.9. The van der Waals surface area contributed by atoms with Crippen molar-refractivity contribution in [1.82, 2.24) is 0 Å². The average Bonchev–Trinajstić information content (AvgIpc) is 1.95. The van der Waals surface area contributed by atoms with E-state index in [-0.39, 0.29) is 6.04 Å². The van der Waals surface area contributed by atoms with Gasteiger partial charge < -0.3 is 5.11 Å². The Hall–Kier alpha value is -0.730. The van der Waals surface area contributed by atoms with Crippen LogP contribution in [0.2, 0.25) is 0 Å².